The third-order valence-electron chi connectivity index (χ3n) is 4.90. The van der Waals surface area contributed by atoms with Crippen LogP contribution in [-0.2, 0) is 4.79 Å². The molecule has 21 heavy (non-hydrogen) atoms. The Hall–Kier alpha value is -0.650. The number of carboxylic acids is 1. The van der Waals surface area contributed by atoms with Crippen LogP contribution in [0.4, 0.5) is 0 Å². The average Bonchev–Trinajstić information content (AvgIpc) is 2.82. The molecule has 1 fully saturated rings. The van der Waals surface area contributed by atoms with Crippen LogP contribution < -0.4 is 0 Å². The normalized spacial score (nSPS) is 27.9. The van der Waals surface area contributed by atoms with Crippen molar-refractivity contribution in [3.05, 3.63) is 0 Å². The predicted molar refractivity (Wildman–Crippen MR) is 82.2 cm³/mol. The fourth-order valence-corrected chi connectivity index (χ4v) is 3.77. The summed E-state index contributed by atoms with van der Waals surface area (Å²) in [5, 5.41) is 28.8. The molecule has 3 atom stereocenters. The highest BCUT2D eigenvalue weighted by Gasteiger charge is 2.54. The molecule has 0 aliphatic carbocycles. The molecule has 0 bridgehead atoms. The van der Waals surface area contributed by atoms with Crippen LogP contribution in [0.1, 0.15) is 58.8 Å². The lowest BCUT2D eigenvalue weighted by atomic mass is 9.77. The number of likely N-dealkylation sites (tertiary alicyclic amines) is 1. The highest BCUT2D eigenvalue weighted by molar-refractivity contribution is 5.80. The standard InChI is InChI=1S/C16H31NO4/c1-3-5-6-7-8-13-9-10-17(4-2)16(13,15(20)21)11-14(19)12-18/h13-14,18-19H,3-12H2,1-2H3,(H,20,21)/t13?,14?,16-/m0/s1. The molecule has 0 aromatic rings. The molecule has 0 radical (unpaired) electrons. The van der Waals surface area contributed by atoms with Gasteiger partial charge in [-0.1, -0.05) is 39.5 Å². The van der Waals surface area contributed by atoms with Gasteiger partial charge in [-0.25, -0.2) is 0 Å². The summed E-state index contributed by atoms with van der Waals surface area (Å²) in [6, 6.07) is 0. The second-order valence-electron chi connectivity index (χ2n) is 6.18. The third kappa shape index (κ3) is 4.18. The molecule has 124 valence electrons. The van der Waals surface area contributed by atoms with Gasteiger partial charge in [0.05, 0.1) is 12.7 Å². The number of carboxylic acid groups (broad SMARTS) is 1. The third-order valence-corrected chi connectivity index (χ3v) is 4.90. The van der Waals surface area contributed by atoms with Crippen molar-refractivity contribution in [1.29, 1.82) is 0 Å². The smallest absolute Gasteiger partial charge is 0.324 e. The minimum absolute atomic E-state index is 0.0630. The number of aliphatic carboxylic acids is 1. The van der Waals surface area contributed by atoms with Gasteiger partial charge in [-0.15, -0.1) is 0 Å². The molecule has 5 nitrogen and oxygen atoms in total. The van der Waals surface area contributed by atoms with E-state index in [4.69, 9.17) is 5.11 Å². The Kier molecular flexibility index (Phi) is 7.63. The number of nitrogens with zero attached hydrogens (tertiary/aromatic N) is 1. The molecule has 1 saturated heterocycles. The fraction of sp³-hybridized carbons (Fsp3) is 0.938. The Morgan fingerprint density at radius 1 is 1.33 bits per heavy atom. The van der Waals surface area contributed by atoms with Crippen LogP contribution in [0, 0.1) is 5.92 Å². The van der Waals surface area contributed by atoms with Crippen LogP contribution in [0.3, 0.4) is 0 Å². The zero-order chi connectivity index (χ0) is 15.9. The summed E-state index contributed by atoms with van der Waals surface area (Å²) in [5.41, 5.74) is -1.01. The summed E-state index contributed by atoms with van der Waals surface area (Å²) in [4.78, 5) is 14.0. The molecule has 2 unspecified atom stereocenters. The van der Waals surface area contributed by atoms with Gasteiger partial charge in [-0.3, -0.25) is 9.69 Å². The zero-order valence-corrected chi connectivity index (χ0v) is 13.4. The number of aliphatic hydroxyl groups excluding tert-OH is 2. The van der Waals surface area contributed by atoms with Crippen LogP contribution in [0.15, 0.2) is 0 Å². The molecule has 0 aromatic carbocycles. The number of unbranched alkanes of at least 4 members (excludes halogenated alkanes) is 3. The first kappa shape index (κ1) is 18.4. The Bertz CT molecular complexity index is 323. The maximum Gasteiger partial charge on any atom is 0.324 e. The van der Waals surface area contributed by atoms with Crippen LogP contribution >= 0.6 is 0 Å². The topological polar surface area (TPSA) is 81.0 Å². The molecule has 1 aliphatic heterocycles. The summed E-state index contributed by atoms with van der Waals surface area (Å²) in [5.74, 6) is -0.789. The Labute approximate surface area is 128 Å². The van der Waals surface area contributed by atoms with Crippen molar-refractivity contribution in [2.45, 2.75) is 70.4 Å². The van der Waals surface area contributed by atoms with Gasteiger partial charge in [-0.2, -0.15) is 0 Å². The number of likely N-dealkylation sites (N-methyl/N-ethyl adjacent to an activating group) is 1. The number of aliphatic hydroxyl groups is 2. The quantitative estimate of drug-likeness (QED) is 0.537. The van der Waals surface area contributed by atoms with E-state index in [1.54, 1.807) is 0 Å². The van der Waals surface area contributed by atoms with E-state index in [2.05, 4.69) is 6.92 Å². The van der Waals surface area contributed by atoms with Crippen molar-refractivity contribution in [3.8, 4) is 0 Å². The minimum atomic E-state index is -1.01. The first-order valence-corrected chi connectivity index (χ1v) is 8.30. The van der Waals surface area contributed by atoms with Gasteiger partial charge in [-0.05, 0) is 31.8 Å². The van der Waals surface area contributed by atoms with Crippen LogP contribution in [0.5, 0.6) is 0 Å². The molecule has 0 amide bonds. The molecule has 1 rings (SSSR count). The van der Waals surface area contributed by atoms with Gasteiger partial charge in [0.25, 0.3) is 0 Å². The van der Waals surface area contributed by atoms with Crippen molar-refractivity contribution >= 4 is 5.97 Å². The maximum absolute atomic E-state index is 12.0. The summed E-state index contributed by atoms with van der Waals surface area (Å²) in [6.45, 7) is 5.17. The van der Waals surface area contributed by atoms with Crippen LogP contribution in [0.25, 0.3) is 0 Å². The van der Waals surface area contributed by atoms with Crippen molar-refractivity contribution in [2.24, 2.45) is 5.92 Å². The number of carbonyl (C=O) groups is 1. The molecular formula is C16H31NO4. The minimum Gasteiger partial charge on any atom is -0.480 e. The SMILES string of the molecule is CCCCCCC1CCN(CC)[C@]1(CC(O)CO)C(=O)O. The second-order valence-corrected chi connectivity index (χ2v) is 6.18. The van der Waals surface area contributed by atoms with Crippen molar-refractivity contribution in [3.63, 3.8) is 0 Å². The van der Waals surface area contributed by atoms with E-state index in [0.29, 0.717) is 6.54 Å². The van der Waals surface area contributed by atoms with Gasteiger partial charge in [0, 0.05) is 6.42 Å². The van der Waals surface area contributed by atoms with E-state index in [0.717, 1.165) is 32.2 Å². The van der Waals surface area contributed by atoms with E-state index in [1.165, 1.54) is 12.8 Å². The van der Waals surface area contributed by atoms with Gasteiger partial charge >= 0.3 is 5.97 Å². The van der Waals surface area contributed by atoms with Gasteiger partial charge < -0.3 is 15.3 Å². The molecule has 0 saturated carbocycles. The number of hydrogen-bond acceptors (Lipinski definition) is 4. The summed E-state index contributed by atoms with van der Waals surface area (Å²) in [7, 11) is 0. The lowest BCUT2D eigenvalue weighted by Gasteiger charge is -2.39. The molecular weight excluding hydrogens is 270 g/mol. The van der Waals surface area contributed by atoms with E-state index in [9.17, 15) is 15.0 Å². The lowest BCUT2D eigenvalue weighted by Crippen LogP contribution is -2.56. The van der Waals surface area contributed by atoms with Crippen LogP contribution in [-0.4, -0.2) is 57.5 Å². The van der Waals surface area contributed by atoms with E-state index < -0.39 is 17.6 Å². The highest BCUT2D eigenvalue weighted by atomic mass is 16.4. The van der Waals surface area contributed by atoms with Crippen molar-refractivity contribution in [1.82, 2.24) is 4.90 Å². The summed E-state index contributed by atoms with van der Waals surface area (Å²) >= 11 is 0. The molecule has 1 heterocycles. The highest BCUT2D eigenvalue weighted by Crippen LogP contribution is 2.41. The van der Waals surface area contributed by atoms with Crippen molar-refractivity contribution < 1.29 is 20.1 Å². The Morgan fingerprint density at radius 2 is 2.05 bits per heavy atom. The van der Waals surface area contributed by atoms with E-state index >= 15 is 0 Å². The van der Waals surface area contributed by atoms with Gasteiger partial charge in [0.2, 0.25) is 0 Å². The fourth-order valence-electron chi connectivity index (χ4n) is 3.77. The van der Waals surface area contributed by atoms with E-state index in [-0.39, 0.29) is 18.9 Å². The second kappa shape index (κ2) is 8.71. The number of rotatable bonds is 10. The maximum atomic E-state index is 12.0. The molecule has 0 spiro atoms. The largest absolute Gasteiger partial charge is 0.480 e. The van der Waals surface area contributed by atoms with Gasteiger partial charge in [0.15, 0.2) is 0 Å². The molecule has 1 aliphatic rings. The molecule has 3 N–H and O–H groups in total. The monoisotopic (exact) mass is 301 g/mol. The van der Waals surface area contributed by atoms with E-state index in [1.807, 2.05) is 11.8 Å². The lowest BCUT2D eigenvalue weighted by molar-refractivity contribution is -0.155. The number of hydrogen-bond donors (Lipinski definition) is 3. The predicted octanol–water partition coefficient (Wildman–Crippen LogP) is 1.87. The average molecular weight is 301 g/mol. The van der Waals surface area contributed by atoms with Crippen molar-refractivity contribution in [2.75, 3.05) is 19.7 Å². The first-order valence-electron chi connectivity index (χ1n) is 8.30. The summed E-state index contributed by atoms with van der Waals surface area (Å²) < 4.78 is 0. The van der Waals surface area contributed by atoms with Crippen LogP contribution in [0.2, 0.25) is 0 Å². The first-order chi connectivity index (χ1) is 10.0. The zero-order valence-electron chi connectivity index (χ0n) is 13.4. The summed E-state index contributed by atoms with van der Waals surface area (Å²) in [6.07, 6.45) is 5.43. The Balaban J connectivity index is 2.85. The molecule has 5 heteroatoms. The Morgan fingerprint density at radius 3 is 2.57 bits per heavy atom. The van der Waals surface area contributed by atoms with Gasteiger partial charge in [0.1, 0.15) is 5.54 Å². The molecule has 0 aromatic heterocycles.